The molecule has 2 aromatic carbocycles. The summed E-state index contributed by atoms with van der Waals surface area (Å²) in [5, 5.41) is 7.55. The Kier molecular flexibility index (Phi) is 5.29. The molecular formula is C24H24N4O. The predicted molar refractivity (Wildman–Crippen MR) is 118 cm³/mol. The van der Waals surface area contributed by atoms with Crippen molar-refractivity contribution in [2.75, 3.05) is 11.9 Å². The van der Waals surface area contributed by atoms with Crippen LogP contribution in [0.4, 0.5) is 11.4 Å². The second-order valence-electron chi connectivity index (χ2n) is 7.20. The molecule has 0 spiro atoms. The van der Waals surface area contributed by atoms with Crippen LogP contribution in [-0.2, 0) is 6.42 Å². The van der Waals surface area contributed by atoms with Gasteiger partial charge in [-0.05, 0) is 55.2 Å². The van der Waals surface area contributed by atoms with Crippen molar-refractivity contribution in [2.24, 2.45) is 0 Å². The lowest BCUT2D eigenvalue weighted by molar-refractivity contribution is 0.0954. The Balaban J connectivity index is 1.40. The Hall–Kier alpha value is -3.60. The molecule has 0 unspecified atom stereocenters. The number of carbonyl (C=O) groups is 1. The zero-order valence-electron chi connectivity index (χ0n) is 16.6. The number of para-hydroxylation sites is 1. The van der Waals surface area contributed by atoms with E-state index in [9.17, 15) is 4.79 Å². The summed E-state index contributed by atoms with van der Waals surface area (Å²) in [6.45, 7) is 4.72. The van der Waals surface area contributed by atoms with Crippen LogP contribution >= 0.6 is 0 Å². The van der Waals surface area contributed by atoms with Crippen LogP contribution in [-0.4, -0.2) is 22.4 Å². The minimum atomic E-state index is -0.123. The molecule has 0 atom stereocenters. The zero-order chi connectivity index (χ0) is 20.2. The van der Waals surface area contributed by atoms with Gasteiger partial charge in [-0.3, -0.25) is 9.78 Å². The van der Waals surface area contributed by atoms with E-state index in [2.05, 4.69) is 52.6 Å². The van der Waals surface area contributed by atoms with Gasteiger partial charge < -0.3 is 15.6 Å². The van der Waals surface area contributed by atoms with Crippen molar-refractivity contribution in [1.82, 2.24) is 15.3 Å². The standard InChI is InChI=1S/C24H24N4O/c1-16-6-5-9-22(17(16)2)28-20-12-19(13-25-15-20)24(29)26-11-10-18-14-27-23-8-4-3-7-21(18)23/h3-9,12-15,27-28H,10-11H2,1-2H3,(H,26,29). The van der Waals surface area contributed by atoms with E-state index in [1.807, 2.05) is 36.5 Å². The van der Waals surface area contributed by atoms with E-state index in [4.69, 9.17) is 0 Å². The number of hydrogen-bond donors (Lipinski definition) is 3. The van der Waals surface area contributed by atoms with Gasteiger partial charge in [-0.1, -0.05) is 30.3 Å². The first-order chi connectivity index (χ1) is 14.1. The molecule has 5 nitrogen and oxygen atoms in total. The lowest BCUT2D eigenvalue weighted by Gasteiger charge is -2.12. The molecule has 0 saturated carbocycles. The fraction of sp³-hybridized carbons (Fsp3) is 0.167. The predicted octanol–water partition coefficient (Wildman–Crippen LogP) is 4.90. The summed E-state index contributed by atoms with van der Waals surface area (Å²) >= 11 is 0. The van der Waals surface area contributed by atoms with Crippen LogP contribution in [0, 0.1) is 13.8 Å². The van der Waals surface area contributed by atoms with Gasteiger partial charge in [-0.2, -0.15) is 0 Å². The van der Waals surface area contributed by atoms with Gasteiger partial charge in [0.25, 0.3) is 5.91 Å². The minimum absolute atomic E-state index is 0.123. The SMILES string of the molecule is Cc1cccc(Nc2cncc(C(=O)NCCc3c[nH]c4ccccc34)c2)c1C. The highest BCUT2D eigenvalue weighted by atomic mass is 16.1. The first-order valence-electron chi connectivity index (χ1n) is 9.73. The summed E-state index contributed by atoms with van der Waals surface area (Å²) in [4.78, 5) is 20.1. The number of carbonyl (C=O) groups excluding carboxylic acids is 1. The first-order valence-corrected chi connectivity index (χ1v) is 9.73. The topological polar surface area (TPSA) is 69.8 Å². The molecule has 0 aliphatic carbocycles. The third-order valence-corrected chi connectivity index (χ3v) is 5.24. The molecule has 5 heteroatoms. The van der Waals surface area contributed by atoms with Crippen LogP contribution in [0.1, 0.15) is 27.0 Å². The highest BCUT2D eigenvalue weighted by molar-refractivity contribution is 5.95. The molecule has 0 radical (unpaired) electrons. The Bertz CT molecular complexity index is 1160. The fourth-order valence-corrected chi connectivity index (χ4v) is 3.43. The average Bonchev–Trinajstić information content (AvgIpc) is 3.15. The quantitative estimate of drug-likeness (QED) is 0.443. The normalized spacial score (nSPS) is 10.8. The van der Waals surface area contributed by atoms with E-state index in [0.717, 1.165) is 23.3 Å². The van der Waals surface area contributed by atoms with Crippen LogP contribution in [0.2, 0.25) is 0 Å². The third kappa shape index (κ3) is 4.14. The van der Waals surface area contributed by atoms with Crippen molar-refractivity contribution >= 4 is 28.2 Å². The summed E-state index contributed by atoms with van der Waals surface area (Å²) in [6.07, 6.45) is 6.09. The Morgan fingerprint density at radius 1 is 1.07 bits per heavy atom. The van der Waals surface area contributed by atoms with E-state index in [0.29, 0.717) is 12.1 Å². The number of pyridine rings is 1. The van der Waals surface area contributed by atoms with Gasteiger partial charge in [0.15, 0.2) is 0 Å². The van der Waals surface area contributed by atoms with Gasteiger partial charge in [0, 0.05) is 35.5 Å². The highest BCUT2D eigenvalue weighted by Crippen LogP contribution is 2.23. The summed E-state index contributed by atoms with van der Waals surface area (Å²) < 4.78 is 0. The molecule has 4 rings (SSSR count). The smallest absolute Gasteiger partial charge is 0.252 e. The van der Waals surface area contributed by atoms with Crippen molar-refractivity contribution in [3.05, 3.63) is 89.4 Å². The molecule has 1 amide bonds. The first kappa shape index (κ1) is 18.7. The molecule has 4 aromatic rings. The number of amides is 1. The lowest BCUT2D eigenvalue weighted by atomic mass is 10.1. The Morgan fingerprint density at radius 3 is 2.83 bits per heavy atom. The molecule has 29 heavy (non-hydrogen) atoms. The monoisotopic (exact) mass is 384 g/mol. The number of H-pyrrole nitrogens is 1. The molecular weight excluding hydrogens is 360 g/mol. The van der Waals surface area contributed by atoms with E-state index in [1.165, 1.54) is 22.1 Å². The van der Waals surface area contributed by atoms with Crippen molar-refractivity contribution in [3.8, 4) is 0 Å². The summed E-state index contributed by atoms with van der Waals surface area (Å²) in [6, 6.07) is 16.1. The van der Waals surface area contributed by atoms with Crippen molar-refractivity contribution in [2.45, 2.75) is 20.3 Å². The molecule has 0 bridgehead atoms. The molecule has 0 aliphatic rings. The maximum atomic E-state index is 12.6. The van der Waals surface area contributed by atoms with Crippen LogP contribution in [0.3, 0.4) is 0 Å². The molecule has 146 valence electrons. The van der Waals surface area contributed by atoms with E-state index >= 15 is 0 Å². The van der Waals surface area contributed by atoms with Gasteiger partial charge >= 0.3 is 0 Å². The number of nitrogens with one attached hydrogen (secondary N) is 3. The number of hydrogen-bond acceptors (Lipinski definition) is 3. The van der Waals surface area contributed by atoms with Crippen LogP contribution in [0.25, 0.3) is 10.9 Å². The van der Waals surface area contributed by atoms with Crippen LogP contribution in [0.15, 0.2) is 67.1 Å². The number of aromatic nitrogens is 2. The number of fused-ring (bicyclic) bond motifs is 1. The summed E-state index contributed by atoms with van der Waals surface area (Å²) in [5.41, 5.74) is 7.06. The lowest BCUT2D eigenvalue weighted by Crippen LogP contribution is -2.25. The Morgan fingerprint density at radius 2 is 1.93 bits per heavy atom. The third-order valence-electron chi connectivity index (χ3n) is 5.24. The van der Waals surface area contributed by atoms with Gasteiger partial charge in [0.2, 0.25) is 0 Å². The van der Waals surface area contributed by atoms with Gasteiger partial charge in [0.1, 0.15) is 0 Å². The van der Waals surface area contributed by atoms with E-state index in [1.54, 1.807) is 12.4 Å². The van der Waals surface area contributed by atoms with E-state index < -0.39 is 0 Å². The Labute approximate surface area is 170 Å². The number of anilines is 2. The molecule has 2 aromatic heterocycles. The fourth-order valence-electron chi connectivity index (χ4n) is 3.43. The second-order valence-corrected chi connectivity index (χ2v) is 7.20. The van der Waals surface area contributed by atoms with Crippen molar-refractivity contribution in [3.63, 3.8) is 0 Å². The van der Waals surface area contributed by atoms with Gasteiger partial charge in [0.05, 0.1) is 17.4 Å². The molecule has 0 saturated heterocycles. The number of rotatable bonds is 6. The molecule has 3 N–H and O–H groups in total. The van der Waals surface area contributed by atoms with Crippen LogP contribution < -0.4 is 10.6 Å². The van der Waals surface area contributed by atoms with Crippen molar-refractivity contribution in [1.29, 1.82) is 0 Å². The molecule has 0 aliphatic heterocycles. The number of aryl methyl sites for hydroxylation is 1. The second kappa shape index (κ2) is 8.19. The summed E-state index contributed by atoms with van der Waals surface area (Å²) in [7, 11) is 0. The summed E-state index contributed by atoms with van der Waals surface area (Å²) in [5.74, 6) is -0.123. The molecule has 2 heterocycles. The van der Waals surface area contributed by atoms with E-state index in [-0.39, 0.29) is 5.91 Å². The minimum Gasteiger partial charge on any atom is -0.361 e. The maximum Gasteiger partial charge on any atom is 0.252 e. The molecule has 0 fully saturated rings. The highest BCUT2D eigenvalue weighted by Gasteiger charge is 2.09. The number of nitrogens with zero attached hydrogens (tertiary/aromatic N) is 1. The number of aromatic amines is 1. The van der Waals surface area contributed by atoms with Gasteiger partial charge in [-0.25, -0.2) is 0 Å². The average molecular weight is 384 g/mol. The van der Waals surface area contributed by atoms with Crippen LogP contribution in [0.5, 0.6) is 0 Å². The zero-order valence-corrected chi connectivity index (χ0v) is 16.6. The number of benzene rings is 2. The largest absolute Gasteiger partial charge is 0.361 e. The van der Waals surface area contributed by atoms with Gasteiger partial charge in [-0.15, -0.1) is 0 Å². The maximum absolute atomic E-state index is 12.6. The van der Waals surface area contributed by atoms with Crippen molar-refractivity contribution < 1.29 is 4.79 Å².